The quantitative estimate of drug-likeness (QED) is 0.638. The number of anilines is 2. The van der Waals surface area contributed by atoms with E-state index >= 15 is 0 Å². The molecule has 0 aliphatic carbocycles. The van der Waals surface area contributed by atoms with Gasteiger partial charge < -0.3 is 25.0 Å². The highest BCUT2D eigenvalue weighted by atomic mass is 16.2. The third kappa shape index (κ3) is 4.54. The van der Waals surface area contributed by atoms with Gasteiger partial charge in [0.05, 0.1) is 0 Å². The monoisotopic (exact) mass is 411 g/mol. The van der Waals surface area contributed by atoms with Crippen LogP contribution in [0.15, 0.2) is 30.5 Å². The lowest BCUT2D eigenvalue weighted by atomic mass is 10.1. The Morgan fingerprint density at radius 2 is 2.03 bits per heavy atom. The van der Waals surface area contributed by atoms with Gasteiger partial charge in [-0.1, -0.05) is 5.10 Å². The van der Waals surface area contributed by atoms with E-state index in [0.717, 1.165) is 56.0 Å². The van der Waals surface area contributed by atoms with Gasteiger partial charge in [-0.3, -0.25) is 0 Å². The van der Waals surface area contributed by atoms with E-state index in [1.165, 1.54) is 5.52 Å². The van der Waals surface area contributed by atoms with Crippen molar-refractivity contribution in [3.8, 4) is 0 Å². The molecule has 1 aliphatic rings. The number of amides is 2. The normalized spacial score (nSPS) is 15.1. The number of rotatable bonds is 6. The van der Waals surface area contributed by atoms with E-state index in [9.17, 15) is 4.79 Å². The molecule has 0 radical (unpaired) electrons. The SMILES string of the molecule is CN(C)CCn1ccc2cc(NC(=O)NC3CCN(c4nnnn4C)CC3)ccc21. The van der Waals surface area contributed by atoms with Crippen LogP contribution < -0.4 is 15.5 Å². The molecule has 10 heteroatoms. The summed E-state index contributed by atoms with van der Waals surface area (Å²) in [4.78, 5) is 16.8. The average Bonchev–Trinajstić information content (AvgIpc) is 3.32. The Morgan fingerprint density at radius 3 is 2.73 bits per heavy atom. The van der Waals surface area contributed by atoms with Gasteiger partial charge in [-0.25, -0.2) is 9.48 Å². The number of carbonyl (C=O) groups excluding carboxylic acids is 1. The minimum absolute atomic E-state index is 0.137. The summed E-state index contributed by atoms with van der Waals surface area (Å²) in [5.74, 6) is 0.767. The highest BCUT2D eigenvalue weighted by Crippen LogP contribution is 2.21. The lowest BCUT2D eigenvalue weighted by Crippen LogP contribution is -2.46. The zero-order valence-electron chi connectivity index (χ0n) is 17.7. The van der Waals surface area contributed by atoms with Gasteiger partial charge >= 0.3 is 6.03 Å². The molecule has 0 unspecified atom stereocenters. The summed E-state index contributed by atoms with van der Waals surface area (Å²) >= 11 is 0. The summed E-state index contributed by atoms with van der Waals surface area (Å²) in [6, 6.07) is 8.10. The minimum Gasteiger partial charge on any atom is -0.346 e. The van der Waals surface area contributed by atoms with Crippen molar-refractivity contribution < 1.29 is 4.79 Å². The summed E-state index contributed by atoms with van der Waals surface area (Å²) in [5, 5.41) is 18.8. The lowest BCUT2D eigenvalue weighted by molar-refractivity contribution is 0.246. The van der Waals surface area contributed by atoms with Crippen molar-refractivity contribution >= 4 is 28.6 Å². The van der Waals surface area contributed by atoms with E-state index in [1.54, 1.807) is 4.68 Å². The first-order chi connectivity index (χ1) is 14.5. The number of hydrogen-bond acceptors (Lipinski definition) is 6. The first-order valence-corrected chi connectivity index (χ1v) is 10.3. The molecule has 1 fully saturated rings. The molecule has 10 nitrogen and oxygen atoms in total. The van der Waals surface area contributed by atoms with Crippen LogP contribution in [0.4, 0.5) is 16.4 Å². The van der Waals surface area contributed by atoms with Crippen LogP contribution in [0.25, 0.3) is 10.9 Å². The average molecular weight is 412 g/mol. The van der Waals surface area contributed by atoms with Crippen molar-refractivity contribution in [2.75, 3.05) is 43.9 Å². The van der Waals surface area contributed by atoms with Gasteiger partial charge in [0.2, 0.25) is 5.95 Å². The minimum atomic E-state index is -0.167. The van der Waals surface area contributed by atoms with Crippen molar-refractivity contribution in [3.05, 3.63) is 30.5 Å². The van der Waals surface area contributed by atoms with Crippen molar-refractivity contribution in [2.24, 2.45) is 7.05 Å². The van der Waals surface area contributed by atoms with Crippen LogP contribution in [-0.4, -0.2) is 75.5 Å². The number of benzene rings is 1. The maximum atomic E-state index is 12.5. The molecule has 0 bridgehead atoms. The molecule has 0 spiro atoms. The van der Waals surface area contributed by atoms with E-state index in [1.807, 2.05) is 19.2 Å². The Morgan fingerprint density at radius 1 is 1.23 bits per heavy atom. The van der Waals surface area contributed by atoms with E-state index in [2.05, 4.69) is 73.0 Å². The zero-order chi connectivity index (χ0) is 21.1. The fourth-order valence-electron chi connectivity index (χ4n) is 3.85. The molecule has 2 N–H and O–H groups in total. The molecule has 1 saturated heterocycles. The highest BCUT2D eigenvalue weighted by Gasteiger charge is 2.23. The smallest absolute Gasteiger partial charge is 0.319 e. The fourth-order valence-corrected chi connectivity index (χ4v) is 3.85. The summed E-state index contributed by atoms with van der Waals surface area (Å²) in [6.07, 6.45) is 3.81. The first-order valence-electron chi connectivity index (χ1n) is 10.3. The second kappa shape index (κ2) is 8.70. The number of nitrogens with zero attached hydrogens (tertiary/aromatic N) is 7. The van der Waals surface area contributed by atoms with E-state index in [0.29, 0.717) is 0 Å². The molecule has 3 heterocycles. The van der Waals surface area contributed by atoms with Crippen LogP contribution in [0.2, 0.25) is 0 Å². The van der Waals surface area contributed by atoms with Gasteiger partial charge in [0.25, 0.3) is 0 Å². The molecule has 0 saturated carbocycles. The second-order valence-electron chi connectivity index (χ2n) is 8.05. The number of tetrazole rings is 1. The van der Waals surface area contributed by atoms with Crippen LogP contribution in [0, 0.1) is 0 Å². The Hall–Kier alpha value is -3.14. The number of aryl methyl sites for hydroxylation is 1. The van der Waals surface area contributed by atoms with E-state index in [-0.39, 0.29) is 12.1 Å². The topological polar surface area (TPSA) is 96.1 Å². The molecule has 1 aromatic carbocycles. The number of piperidine rings is 1. The Balaban J connectivity index is 1.30. The number of likely N-dealkylation sites (N-methyl/N-ethyl adjacent to an activating group) is 1. The van der Waals surface area contributed by atoms with Crippen LogP contribution in [0.1, 0.15) is 12.8 Å². The van der Waals surface area contributed by atoms with Gasteiger partial charge in [0.15, 0.2) is 0 Å². The summed E-state index contributed by atoms with van der Waals surface area (Å²) in [6.45, 7) is 3.54. The Labute approximate surface area is 175 Å². The molecular formula is C20H29N9O. The van der Waals surface area contributed by atoms with E-state index in [4.69, 9.17) is 0 Å². The standard InChI is InChI=1S/C20H29N9O/c1-26(2)12-13-28-9-6-15-14-17(4-5-18(15)28)22-19(30)21-16-7-10-29(11-8-16)20-23-24-25-27(20)3/h4-6,9,14,16H,7-8,10-13H2,1-3H3,(H2,21,22,30). The molecule has 0 atom stereocenters. The van der Waals surface area contributed by atoms with Crippen LogP contribution >= 0.6 is 0 Å². The van der Waals surface area contributed by atoms with Gasteiger partial charge in [-0.15, -0.1) is 0 Å². The van der Waals surface area contributed by atoms with Crippen molar-refractivity contribution in [1.82, 2.24) is 35.0 Å². The summed E-state index contributed by atoms with van der Waals surface area (Å²) < 4.78 is 3.91. The number of aromatic nitrogens is 5. The summed E-state index contributed by atoms with van der Waals surface area (Å²) in [5.41, 5.74) is 1.97. The molecule has 160 valence electrons. The third-order valence-corrected chi connectivity index (χ3v) is 5.53. The van der Waals surface area contributed by atoms with Gasteiger partial charge in [0.1, 0.15) is 0 Å². The van der Waals surface area contributed by atoms with Crippen LogP contribution in [0.3, 0.4) is 0 Å². The predicted octanol–water partition coefficient (Wildman–Crippen LogP) is 1.52. The molecule has 2 amide bonds. The maximum absolute atomic E-state index is 12.5. The maximum Gasteiger partial charge on any atom is 0.319 e. The van der Waals surface area contributed by atoms with Crippen molar-refractivity contribution in [1.29, 1.82) is 0 Å². The Bertz CT molecular complexity index is 1000. The number of nitrogens with one attached hydrogen (secondary N) is 2. The van der Waals surface area contributed by atoms with Gasteiger partial charge in [0, 0.05) is 62.1 Å². The molecule has 3 aromatic rings. The molecule has 4 rings (SSSR count). The lowest BCUT2D eigenvalue weighted by Gasteiger charge is -2.32. The van der Waals surface area contributed by atoms with Crippen LogP contribution in [-0.2, 0) is 13.6 Å². The molecule has 1 aliphatic heterocycles. The second-order valence-corrected chi connectivity index (χ2v) is 8.05. The Kier molecular flexibility index (Phi) is 5.84. The van der Waals surface area contributed by atoms with Crippen molar-refractivity contribution in [2.45, 2.75) is 25.4 Å². The molecule has 2 aromatic heterocycles. The van der Waals surface area contributed by atoms with Crippen molar-refractivity contribution in [3.63, 3.8) is 0 Å². The van der Waals surface area contributed by atoms with Crippen LogP contribution in [0.5, 0.6) is 0 Å². The number of fused-ring (bicyclic) bond motifs is 1. The molecular weight excluding hydrogens is 382 g/mol. The number of urea groups is 1. The third-order valence-electron chi connectivity index (χ3n) is 5.53. The fraction of sp³-hybridized carbons (Fsp3) is 0.500. The van der Waals surface area contributed by atoms with Gasteiger partial charge in [-0.2, -0.15) is 0 Å². The predicted molar refractivity (Wildman–Crippen MR) is 117 cm³/mol. The summed E-state index contributed by atoms with van der Waals surface area (Å²) in [7, 11) is 5.98. The number of carbonyl (C=O) groups is 1. The van der Waals surface area contributed by atoms with E-state index < -0.39 is 0 Å². The highest BCUT2D eigenvalue weighted by molar-refractivity contribution is 5.93. The largest absolute Gasteiger partial charge is 0.346 e. The number of hydrogen-bond donors (Lipinski definition) is 2. The zero-order valence-corrected chi connectivity index (χ0v) is 17.7. The first kappa shape index (κ1) is 20.1. The van der Waals surface area contributed by atoms with Gasteiger partial charge in [-0.05, 0) is 61.6 Å². The molecule has 30 heavy (non-hydrogen) atoms.